The fourth-order valence-electron chi connectivity index (χ4n) is 1.55. The second-order valence-electron chi connectivity index (χ2n) is 3.87. The third-order valence-corrected chi connectivity index (χ3v) is 2.96. The van der Waals surface area contributed by atoms with Crippen LogP contribution in [0.5, 0.6) is 0 Å². The zero-order valence-corrected chi connectivity index (χ0v) is 11.9. The number of carbonyl (C=O) groups is 1. The molecule has 5 heteroatoms. The highest BCUT2D eigenvalue weighted by Crippen LogP contribution is 2.11. The standard InChI is InChI=1S/C13H17Cl2NO2/c1-18-9-8-16(7-6-14)13(17)10-11-2-4-12(15)5-3-11/h2-5H,6-10H2,1H3. The summed E-state index contributed by atoms with van der Waals surface area (Å²) in [5.41, 5.74) is 0.946. The van der Waals surface area contributed by atoms with E-state index in [1.807, 2.05) is 12.1 Å². The minimum atomic E-state index is 0.0509. The van der Waals surface area contributed by atoms with E-state index in [9.17, 15) is 4.79 Å². The van der Waals surface area contributed by atoms with Crippen LogP contribution >= 0.6 is 23.2 Å². The highest BCUT2D eigenvalue weighted by atomic mass is 35.5. The number of alkyl halides is 1. The van der Waals surface area contributed by atoms with Crippen LogP contribution in [0.25, 0.3) is 0 Å². The third-order valence-electron chi connectivity index (χ3n) is 2.54. The number of benzene rings is 1. The van der Waals surface area contributed by atoms with Crippen LogP contribution < -0.4 is 0 Å². The lowest BCUT2D eigenvalue weighted by atomic mass is 10.1. The van der Waals surface area contributed by atoms with Crippen LogP contribution in [0.1, 0.15) is 5.56 Å². The molecule has 0 saturated carbocycles. The summed E-state index contributed by atoms with van der Waals surface area (Å²) >= 11 is 11.5. The molecule has 1 aromatic rings. The van der Waals surface area contributed by atoms with Crippen molar-refractivity contribution in [3.63, 3.8) is 0 Å². The van der Waals surface area contributed by atoms with Crippen molar-refractivity contribution in [2.24, 2.45) is 0 Å². The Hall–Kier alpha value is -0.770. The molecular weight excluding hydrogens is 273 g/mol. The summed E-state index contributed by atoms with van der Waals surface area (Å²) in [5.74, 6) is 0.478. The van der Waals surface area contributed by atoms with Crippen LogP contribution in [-0.2, 0) is 16.0 Å². The van der Waals surface area contributed by atoms with E-state index in [1.165, 1.54) is 0 Å². The first kappa shape index (κ1) is 15.3. The first-order valence-corrected chi connectivity index (χ1v) is 6.65. The number of halogens is 2. The van der Waals surface area contributed by atoms with Crippen LogP contribution in [-0.4, -0.2) is 43.5 Å². The zero-order valence-electron chi connectivity index (χ0n) is 10.4. The summed E-state index contributed by atoms with van der Waals surface area (Å²) in [6.45, 7) is 1.62. The molecule has 0 unspecified atom stereocenters. The quantitative estimate of drug-likeness (QED) is 0.722. The maximum absolute atomic E-state index is 12.1. The Balaban J connectivity index is 2.57. The highest BCUT2D eigenvalue weighted by Gasteiger charge is 2.13. The molecule has 18 heavy (non-hydrogen) atoms. The Kier molecular flexibility index (Phi) is 7.09. The van der Waals surface area contributed by atoms with Gasteiger partial charge in [-0.15, -0.1) is 11.6 Å². The Morgan fingerprint density at radius 2 is 1.94 bits per heavy atom. The fraction of sp³-hybridized carbons (Fsp3) is 0.462. The number of nitrogens with zero attached hydrogens (tertiary/aromatic N) is 1. The summed E-state index contributed by atoms with van der Waals surface area (Å²) in [4.78, 5) is 13.8. The minimum absolute atomic E-state index is 0.0509. The van der Waals surface area contributed by atoms with E-state index in [2.05, 4.69) is 0 Å². The molecule has 0 aromatic heterocycles. The number of rotatable bonds is 7. The second-order valence-corrected chi connectivity index (χ2v) is 4.68. The number of amides is 1. The van der Waals surface area contributed by atoms with Crippen molar-refractivity contribution < 1.29 is 9.53 Å². The molecule has 0 radical (unpaired) electrons. The largest absolute Gasteiger partial charge is 0.383 e. The minimum Gasteiger partial charge on any atom is -0.383 e. The van der Waals surface area contributed by atoms with E-state index < -0.39 is 0 Å². The van der Waals surface area contributed by atoms with Gasteiger partial charge in [0.15, 0.2) is 0 Å². The predicted octanol–water partition coefficient (Wildman–Crippen LogP) is 2.60. The zero-order chi connectivity index (χ0) is 13.4. The molecule has 0 atom stereocenters. The summed E-state index contributed by atoms with van der Waals surface area (Å²) in [6, 6.07) is 7.28. The lowest BCUT2D eigenvalue weighted by molar-refractivity contribution is -0.130. The lowest BCUT2D eigenvalue weighted by Crippen LogP contribution is -2.36. The number of carbonyl (C=O) groups excluding carboxylic acids is 1. The average Bonchev–Trinajstić information content (AvgIpc) is 2.37. The van der Waals surface area contributed by atoms with Gasteiger partial charge in [-0.05, 0) is 17.7 Å². The molecule has 0 N–H and O–H groups in total. The van der Waals surface area contributed by atoms with E-state index in [1.54, 1.807) is 24.1 Å². The molecule has 0 aliphatic heterocycles. The van der Waals surface area contributed by atoms with Gasteiger partial charge >= 0.3 is 0 Å². The monoisotopic (exact) mass is 289 g/mol. The maximum Gasteiger partial charge on any atom is 0.227 e. The van der Waals surface area contributed by atoms with E-state index in [4.69, 9.17) is 27.9 Å². The first-order valence-electron chi connectivity index (χ1n) is 5.74. The van der Waals surface area contributed by atoms with Crippen molar-refractivity contribution in [1.29, 1.82) is 0 Å². The van der Waals surface area contributed by atoms with E-state index in [-0.39, 0.29) is 5.91 Å². The van der Waals surface area contributed by atoms with Crippen molar-refractivity contribution in [2.45, 2.75) is 6.42 Å². The topological polar surface area (TPSA) is 29.5 Å². The van der Waals surface area contributed by atoms with Crippen molar-refractivity contribution >= 4 is 29.1 Å². The summed E-state index contributed by atoms with van der Waals surface area (Å²) < 4.78 is 4.98. The van der Waals surface area contributed by atoms with Crippen LogP contribution in [0, 0.1) is 0 Å². The molecular formula is C13H17Cl2NO2. The van der Waals surface area contributed by atoms with Gasteiger partial charge in [0.25, 0.3) is 0 Å². The van der Waals surface area contributed by atoms with Gasteiger partial charge in [0.05, 0.1) is 13.0 Å². The van der Waals surface area contributed by atoms with Gasteiger partial charge in [0.1, 0.15) is 0 Å². The van der Waals surface area contributed by atoms with Crippen LogP contribution in [0.3, 0.4) is 0 Å². The van der Waals surface area contributed by atoms with Crippen molar-refractivity contribution in [3.05, 3.63) is 34.9 Å². The van der Waals surface area contributed by atoms with Crippen LogP contribution in [0.4, 0.5) is 0 Å². The Bertz CT molecular complexity index is 368. The average molecular weight is 290 g/mol. The van der Waals surface area contributed by atoms with Gasteiger partial charge < -0.3 is 9.64 Å². The maximum atomic E-state index is 12.1. The number of methoxy groups -OCH3 is 1. The molecule has 100 valence electrons. The van der Waals surface area contributed by atoms with Crippen molar-refractivity contribution in [3.8, 4) is 0 Å². The fourth-order valence-corrected chi connectivity index (χ4v) is 1.88. The summed E-state index contributed by atoms with van der Waals surface area (Å²) in [5, 5.41) is 0.670. The number of hydrogen-bond donors (Lipinski definition) is 0. The van der Waals surface area contributed by atoms with Crippen molar-refractivity contribution in [1.82, 2.24) is 4.90 Å². The molecule has 1 amide bonds. The van der Waals surface area contributed by atoms with Gasteiger partial charge in [-0.25, -0.2) is 0 Å². The normalized spacial score (nSPS) is 10.4. The second kappa shape index (κ2) is 8.35. The van der Waals surface area contributed by atoms with Gasteiger partial charge in [-0.3, -0.25) is 4.79 Å². The van der Waals surface area contributed by atoms with Crippen LogP contribution in [0.15, 0.2) is 24.3 Å². The molecule has 3 nitrogen and oxygen atoms in total. The van der Waals surface area contributed by atoms with Gasteiger partial charge in [-0.1, -0.05) is 23.7 Å². The Morgan fingerprint density at radius 3 is 2.50 bits per heavy atom. The van der Waals surface area contributed by atoms with Gasteiger partial charge in [-0.2, -0.15) is 0 Å². The number of ether oxygens (including phenoxy) is 1. The molecule has 0 heterocycles. The smallest absolute Gasteiger partial charge is 0.227 e. The van der Waals surface area contributed by atoms with E-state index in [0.29, 0.717) is 37.0 Å². The van der Waals surface area contributed by atoms with Gasteiger partial charge in [0.2, 0.25) is 5.91 Å². The molecule has 0 saturated heterocycles. The summed E-state index contributed by atoms with van der Waals surface area (Å²) in [6.07, 6.45) is 0.359. The summed E-state index contributed by atoms with van der Waals surface area (Å²) in [7, 11) is 1.61. The molecule has 0 spiro atoms. The SMILES string of the molecule is COCCN(CCCl)C(=O)Cc1ccc(Cl)cc1. The third kappa shape index (κ3) is 5.25. The van der Waals surface area contributed by atoms with Crippen molar-refractivity contribution in [2.75, 3.05) is 32.7 Å². The molecule has 0 fully saturated rings. The Morgan fingerprint density at radius 1 is 1.28 bits per heavy atom. The molecule has 0 aliphatic rings. The molecule has 0 aliphatic carbocycles. The Labute approximate surface area is 118 Å². The highest BCUT2D eigenvalue weighted by molar-refractivity contribution is 6.30. The first-order chi connectivity index (χ1) is 8.67. The lowest BCUT2D eigenvalue weighted by Gasteiger charge is -2.21. The van der Waals surface area contributed by atoms with E-state index >= 15 is 0 Å². The van der Waals surface area contributed by atoms with Gasteiger partial charge in [0, 0.05) is 31.1 Å². The predicted molar refractivity (Wildman–Crippen MR) is 74.3 cm³/mol. The van der Waals surface area contributed by atoms with Crippen LogP contribution in [0.2, 0.25) is 5.02 Å². The van der Waals surface area contributed by atoms with E-state index in [0.717, 1.165) is 5.56 Å². The number of hydrogen-bond acceptors (Lipinski definition) is 2. The molecule has 1 rings (SSSR count). The molecule has 0 bridgehead atoms. The molecule has 1 aromatic carbocycles.